The molecular formula is C11H11NO4S3. The van der Waals surface area contributed by atoms with Gasteiger partial charge in [0, 0.05) is 23.8 Å². The highest BCUT2D eigenvalue weighted by atomic mass is 32.2. The Kier molecular flexibility index (Phi) is 4.04. The van der Waals surface area contributed by atoms with Gasteiger partial charge < -0.3 is 5.11 Å². The lowest BCUT2D eigenvalue weighted by molar-refractivity contribution is 0.0697. The van der Waals surface area contributed by atoms with Gasteiger partial charge in [0.25, 0.3) is 10.0 Å². The first-order chi connectivity index (χ1) is 8.91. The standard InChI is InChI=1S/C11H11NO4S3/c1-12(6-9-3-2-4-17-9)19(15,16)10-5-8(7-18-10)11(13)14/h2-5,7H,6H2,1H3,(H,13,14). The number of hydrogen-bond acceptors (Lipinski definition) is 5. The second kappa shape index (κ2) is 5.41. The molecule has 0 amide bonds. The van der Waals surface area contributed by atoms with E-state index in [2.05, 4.69) is 0 Å². The molecule has 5 nitrogen and oxygen atoms in total. The highest BCUT2D eigenvalue weighted by Crippen LogP contribution is 2.25. The smallest absolute Gasteiger partial charge is 0.336 e. The number of aromatic carboxylic acids is 1. The molecule has 19 heavy (non-hydrogen) atoms. The van der Waals surface area contributed by atoms with Crippen molar-refractivity contribution < 1.29 is 18.3 Å². The van der Waals surface area contributed by atoms with Gasteiger partial charge in [-0.3, -0.25) is 0 Å². The summed E-state index contributed by atoms with van der Waals surface area (Å²) in [5.74, 6) is -1.13. The van der Waals surface area contributed by atoms with Crippen LogP contribution in [-0.2, 0) is 16.6 Å². The molecule has 0 aliphatic rings. The van der Waals surface area contributed by atoms with Gasteiger partial charge in [-0.15, -0.1) is 22.7 Å². The molecule has 0 atom stereocenters. The quantitative estimate of drug-likeness (QED) is 0.918. The molecule has 0 aliphatic heterocycles. The maximum atomic E-state index is 12.2. The zero-order valence-electron chi connectivity index (χ0n) is 9.94. The minimum atomic E-state index is -3.63. The van der Waals surface area contributed by atoms with E-state index in [-0.39, 0.29) is 16.3 Å². The number of carboxylic acids is 1. The molecule has 0 aromatic carbocycles. The zero-order chi connectivity index (χ0) is 14.0. The summed E-state index contributed by atoms with van der Waals surface area (Å²) >= 11 is 2.39. The van der Waals surface area contributed by atoms with E-state index in [1.807, 2.05) is 17.5 Å². The number of carbonyl (C=O) groups is 1. The molecule has 102 valence electrons. The van der Waals surface area contributed by atoms with E-state index in [1.165, 1.54) is 34.1 Å². The number of thiophene rings is 2. The third-order valence-corrected chi connectivity index (χ3v) is 6.53. The van der Waals surface area contributed by atoms with E-state index in [4.69, 9.17) is 5.11 Å². The van der Waals surface area contributed by atoms with Crippen LogP contribution in [0.15, 0.2) is 33.2 Å². The van der Waals surface area contributed by atoms with E-state index in [0.29, 0.717) is 0 Å². The lowest BCUT2D eigenvalue weighted by Crippen LogP contribution is -2.25. The summed E-state index contributed by atoms with van der Waals surface area (Å²) in [5.41, 5.74) is -0.00639. The SMILES string of the molecule is CN(Cc1cccs1)S(=O)(=O)c1cc(C(=O)O)cs1. The Labute approximate surface area is 118 Å². The molecule has 0 fully saturated rings. The van der Waals surface area contributed by atoms with Crippen LogP contribution >= 0.6 is 22.7 Å². The first kappa shape index (κ1) is 14.2. The van der Waals surface area contributed by atoms with Crippen molar-refractivity contribution >= 4 is 38.7 Å². The fourth-order valence-electron chi connectivity index (χ4n) is 1.42. The normalized spacial score (nSPS) is 11.9. The van der Waals surface area contributed by atoms with Crippen LogP contribution in [0.25, 0.3) is 0 Å². The minimum absolute atomic E-state index is 0.00639. The van der Waals surface area contributed by atoms with Gasteiger partial charge in [-0.1, -0.05) is 6.07 Å². The van der Waals surface area contributed by atoms with E-state index >= 15 is 0 Å². The molecule has 0 radical (unpaired) electrons. The Hall–Kier alpha value is -1.22. The van der Waals surface area contributed by atoms with Crippen LogP contribution in [0, 0.1) is 0 Å². The van der Waals surface area contributed by atoms with Crippen molar-refractivity contribution in [2.24, 2.45) is 0 Å². The van der Waals surface area contributed by atoms with Gasteiger partial charge >= 0.3 is 5.97 Å². The van der Waals surface area contributed by atoms with Gasteiger partial charge in [-0.2, -0.15) is 4.31 Å². The second-order valence-electron chi connectivity index (χ2n) is 3.80. The maximum Gasteiger partial charge on any atom is 0.336 e. The molecule has 1 N–H and O–H groups in total. The summed E-state index contributed by atoms with van der Waals surface area (Å²) < 4.78 is 25.7. The van der Waals surface area contributed by atoms with Crippen molar-refractivity contribution in [2.45, 2.75) is 10.8 Å². The molecule has 0 saturated carbocycles. The predicted octanol–water partition coefficient (Wildman–Crippen LogP) is 2.33. The summed E-state index contributed by atoms with van der Waals surface area (Å²) in [5, 5.41) is 12.0. The molecule has 0 spiro atoms. The third-order valence-electron chi connectivity index (χ3n) is 2.45. The number of nitrogens with zero attached hydrogens (tertiary/aromatic N) is 1. The first-order valence-electron chi connectivity index (χ1n) is 5.22. The van der Waals surface area contributed by atoms with Crippen LogP contribution in [0.2, 0.25) is 0 Å². The first-order valence-corrected chi connectivity index (χ1v) is 8.42. The van der Waals surface area contributed by atoms with Crippen LogP contribution in [0.1, 0.15) is 15.2 Å². The van der Waals surface area contributed by atoms with E-state index < -0.39 is 16.0 Å². The average Bonchev–Trinajstić information content (AvgIpc) is 2.99. The van der Waals surface area contributed by atoms with Crippen molar-refractivity contribution in [3.8, 4) is 0 Å². The van der Waals surface area contributed by atoms with Crippen LogP contribution < -0.4 is 0 Å². The Bertz CT molecular complexity index is 673. The van der Waals surface area contributed by atoms with E-state index in [1.54, 1.807) is 0 Å². The van der Waals surface area contributed by atoms with Gasteiger partial charge in [0.05, 0.1) is 5.56 Å². The summed E-state index contributed by atoms with van der Waals surface area (Å²) in [6.07, 6.45) is 0. The summed E-state index contributed by atoms with van der Waals surface area (Å²) in [6, 6.07) is 4.90. The fraction of sp³-hybridized carbons (Fsp3) is 0.182. The van der Waals surface area contributed by atoms with Crippen molar-refractivity contribution in [2.75, 3.05) is 7.05 Å². The van der Waals surface area contributed by atoms with Crippen molar-refractivity contribution in [3.63, 3.8) is 0 Å². The molecule has 2 aromatic heterocycles. The van der Waals surface area contributed by atoms with Gasteiger partial charge in [-0.05, 0) is 17.5 Å². The summed E-state index contributed by atoms with van der Waals surface area (Å²) in [6.45, 7) is 0.278. The molecule has 2 rings (SSSR count). The third kappa shape index (κ3) is 3.03. The fourth-order valence-corrected chi connectivity index (χ4v) is 4.78. The molecule has 8 heteroatoms. The van der Waals surface area contributed by atoms with Crippen LogP contribution in [-0.4, -0.2) is 30.8 Å². The van der Waals surface area contributed by atoms with E-state index in [0.717, 1.165) is 16.2 Å². The highest BCUT2D eigenvalue weighted by molar-refractivity contribution is 7.91. The summed E-state index contributed by atoms with van der Waals surface area (Å²) in [4.78, 5) is 11.7. The van der Waals surface area contributed by atoms with Crippen molar-refractivity contribution in [3.05, 3.63) is 39.4 Å². The Morgan fingerprint density at radius 3 is 2.68 bits per heavy atom. The number of carboxylic acid groups (broad SMARTS) is 1. The highest BCUT2D eigenvalue weighted by Gasteiger charge is 2.24. The molecule has 0 saturated heterocycles. The second-order valence-corrected chi connectivity index (χ2v) is 8.02. The largest absolute Gasteiger partial charge is 0.478 e. The molecule has 0 aliphatic carbocycles. The minimum Gasteiger partial charge on any atom is -0.478 e. The number of rotatable bonds is 5. The Balaban J connectivity index is 2.23. The monoisotopic (exact) mass is 317 g/mol. The van der Waals surface area contributed by atoms with Crippen molar-refractivity contribution in [1.82, 2.24) is 4.31 Å². The Morgan fingerprint density at radius 1 is 1.42 bits per heavy atom. The average molecular weight is 317 g/mol. The molecular weight excluding hydrogens is 306 g/mol. The predicted molar refractivity (Wildman–Crippen MR) is 74.3 cm³/mol. The Morgan fingerprint density at radius 2 is 2.16 bits per heavy atom. The topological polar surface area (TPSA) is 74.7 Å². The van der Waals surface area contributed by atoms with Gasteiger partial charge in [0.15, 0.2) is 0 Å². The zero-order valence-corrected chi connectivity index (χ0v) is 12.4. The van der Waals surface area contributed by atoms with Gasteiger partial charge in [0.2, 0.25) is 0 Å². The van der Waals surface area contributed by atoms with E-state index in [9.17, 15) is 13.2 Å². The van der Waals surface area contributed by atoms with Crippen LogP contribution in [0.3, 0.4) is 0 Å². The van der Waals surface area contributed by atoms with Gasteiger partial charge in [0.1, 0.15) is 4.21 Å². The molecule has 0 bridgehead atoms. The van der Waals surface area contributed by atoms with Gasteiger partial charge in [-0.25, -0.2) is 13.2 Å². The number of sulfonamides is 1. The summed E-state index contributed by atoms with van der Waals surface area (Å²) in [7, 11) is -2.15. The van der Waals surface area contributed by atoms with Crippen LogP contribution in [0.5, 0.6) is 0 Å². The number of hydrogen-bond donors (Lipinski definition) is 1. The molecule has 2 heterocycles. The van der Waals surface area contributed by atoms with Crippen molar-refractivity contribution in [1.29, 1.82) is 0 Å². The lowest BCUT2D eigenvalue weighted by Gasteiger charge is -2.14. The maximum absolute atomic E-state index is 12.2. The molecule has 2 aromatic rings. The van der Waals surface area contributed by atoms with Crippen LogP contribution in [0.4, 0.5) is 0 Å². The lowest BCUT2D eigenvalue weighted by atomic mass is 10.4. The molecule has 0 unspecified atom stereocenters.